The second-order valence-electron chi connectivity index (χ2n) is 6.29. The largest absolute Gasteiger partial charge is 0.312 e. The van der Waals surface area contributed by atoms with Crippen LogP contribution in [0.15, 0.2) is 40.0 Å². The van der Waals surface area contributed by atoms with Crippen LogP contribution in [0.1, 0.15) is 31.7 Å². The van der Waals surface area contributed by atoms with Gasteiger partial charge in [-0.05, 0) is 48.7 Å². The summed E-state index contributed by atoms with van der Waals surface area (Å²) < 4.78 is 27.7. The number of rotatable bonds is 5. The van der Waals surface area contributed by atoms with E-state index in [1.807, 2.05) is 4.57 Å². The molecule has 11 heteroatoms. The van der Waals surface area contributed by atoms with Gasteiger partial charge in [0.1, 0.15) is 0 Å². The van der Waals surface area contributed by atoms with Crippen LogP contribution in [0, 0.1) is 0 Å². The fraction of sp³-hybridized carbons (Fsp3) is 0.312. The molecule has 0 aliphatic heterocycles. The van der Waals surface area contributed by atoms with Crippen molar-refractivity contribution in [2.45, 2.75) is 36.6 Å². The summed E-state index contributed by atoms with van der Waals surface area (Å²) in [6, 6.07) is 6.61. The van der Waals surface area contributed by atoms with Crippen molar-refractivity contribution in [1.29, 1.82) is 0 Å². The fourth-order valence-corrected chi connectivity index (χ4v) is 4.49. The van der Waals surface area contributed by atoms with Gasteiger partial charge in [0, 0.05) is 10.5 Å². The van der Waals surface area contributed by atoms with Crippen LogP contribution in [-0.4, -0.2) is 27.9 Å². The van der Waals surface area contributed by atoms with Gasteiger partial charge in [0.2, 0.25) is 5.28 Å². The van der Waals surface area contributed by atoms with Gasteiger partial charge < -0.3 is 4.57 Å². The summed E-state index contributed by atoms with van der Waals surface area (Å²) in [5, 5.41) is 0.0209. The first-order valence-corrected chi connectivity index (χ1v) is 11.0. The van der Waals surface area contributed by atoms with E-state index in [4.69, 9.17) is 11.6 Å². The number of aromatic nitrogens is 4. The Labute approximate surface area is 169 Å². The Hall–Kier alpha value is -1.75. The normalized spacial score (nSPS) is 15.5. The molecule has 0 radical (unpaired) electrons. The number of anilines is 1. The summed E-state index contributed by atoms with van der Waals surface area (Å²) >= 11 is 9.34. The van der Waals surface area contributed by atoms with Crippen molar-refractivity contribution in [3.05, 3.63) is 40.3 Å². The van der Waals surface area contributed by atoms with Gasteiger partial charge in [-0.15, -0.1) is 4.83 Å². The molecule has 0 unspecified atom stereocenters. The fourth-order valence-electron chi connectivity index (χ4n) is 3.21. The third-order valence-corrected chi connectivity index (χ3v) is 6.50. The highest BCUT2D eigenvalue weighted by Crippen LogP contribution is 2.32. The van der Waals surface area contributed by atoms with Crippen molar-refractivity contribution in [3.63, 3.8) is 0 Å². The van der Waals surface area contributed by atoms with E-state index in [1.165, 1.54) is 25.0 Å². The van der Waals surface area contributed by atoms with E-state index in [-0.39, 0.29) is 16.0 Å². The number of hydrogen-bond acceptors (Lipinski definition) is 6. The molecule has 3 aromatic rings. The van der Waals surface area contributed by atoms with Gasteiger partial charge in [0.15, 0.2) is 17.0 Å². The smallest absolute Gasteiger partial charge is 0.257 e. The van der Waals surface area contributed by atoms with Crippen LogP contribution in [0.5, 0.6) is 0 Å². The SMILES string of the molecule is O=S(=O)(NNc1nc(Cl)nc2c1ncn2C1CCCC1)c1ccc(Br)cc1. The van der Waals surface area contributed by atoms with Crippen LogP contribution in [0.25, 0.3) is 11.2 Å². The third kappa shape index (κ3) is 3.79. The highest BCUT2D eigenvalue weighted by molar-refractivity contribution is 9.10. The number of sulfonamides is 1. The summed E-state index contributed by atoms with van der Waals surface area (Å²) in [5.41, 5.74) is 3.68. The summed E-state index contributed by atoms with van der Waals surface area (Å²) in [6.45, 7) is 0. The maximum atomic E-state index is 12.5. The zero-order valence-electron chi connectivity index (χ0n) is 14.1. The standard InChI is InChI=1S/C16H16BrClN6O2S/c17-10-5-7-12(8-6-10)27(25,26)23-22-14-13-15(21-16(18)20-14)24(9-19-13)11-3-1-2-4-11/h5-9,11,23H,1-4H2,(H,20,21,22). The summed E-state index contributed by atoms with van der Waals surface area (Å²) in [4.78, 5) is 15.2. The van der Waals surface area contributed by atoms with E-state index < -0.39 is 10.0 Å². The first-order valence-electron chi connectivity index (χ1n) is 8.37. The highest BCUT2D eigenvalue weighted by Gasteiger charge is 2.22. The molecule has 2 heterocycles. The van der Waals surface area contributed by atoms with Crippen LogP contribution in [0.2, 0.25) is 5.28 Å². The van der Waals surface area contributed by atoms with Gasteiger partial charge in [-0.2, -0.15) is 9.97 Å². The second kappa shape index (κ2) is 7.34. The molecular weight excluding hydrogens is 456 g/mol. The second-order valence-corrected chi connectivity index (χ2v) is 9.22. The zero-order chi connectivity index (χ0) is 19.0. The minimum absolute atomic E-state index is 0.0209. The Kier molecular flexibility index (Phi) is 5.06. The van der Waals surface area contributed by atoms with Crippen LogP contribution in [0.3, 0.4) is 0 Å². The van der Waals surface area contributed by atoms with E-state index in [9.17, 15) is 8.42 Å². The Morgan fingerprint density at radius 2 is 1.85 bits per heavy atom. The topological polar surface area (TPSA) is 102 Å². The molecule has 1 saturated carbocycles. The van der Waals surface area contributed by atoms with Gasteiger partial charge >= 0.3 is 0 Å². The van der Waals surface area contributed by atoms with E-state index in [1.54, 1.807) is 18.5 Å². The monoisotopic (exact) mass is 470 g/mol. The Bertz CT molecular complexity index is 1080. The van der Waals surface area contributed by atoms with E-state index >= 15 is 0 Å². The van der Waals surface area contributed by atoms with E-state index in [0.29, 0.717) is 17.2 Å². The quantitative estimate of drug-likeness (QED) is 0.435. The molecule has 4 rings (SSSR count). The molecule has 142 valence electrons. The summed E-state index contributed by atoms with van der Waals surface area (Å²) in [6.07, 6.45) is 6.17. The summed E-state index contributed by atoms with van der Waals surface area (Å²) in [5.74, 6) is 0.211. The molecule has 1 aliphatic rings. The average molecular weight is 472 g/mol. The number of nitrogens with one attached hydrogen (secondary N) is 2. The number of imidazole rings is 1. The van der Waals surface area contributed by atoms with Crippen molar-refractivity contribution in [2.75, 3.05) is 5.43 Å². The Balaban J connectivity index is 1.63. The minimum atomic E-state index is -3.79. The predicted octanol–water partition coefficient (Wildman–Crippen LogP) is 3.66. The average Bonchev–Trinajstić information content (AvgIpc) is 3.29. The number of hydrazine groups is 1. The van der Waals surface area contributed by atoms with Gasteiger partial charge in [0.05, 0.1) is 11.2 Å². The van der Waals surface area contributed by atoms with Gasteiger partial charge in [-0.1, -0.05) is 28.8 Å². The van der Waals surface area contributed by atoms with Gasteiger partial charge in [-0.3, -0.25) is 5.43 Å². The maximum absolute atomic E-state index is 12.5. The molecule has 8 nitrogen and oxygen atoms in total. The lowest BCUT2D eigenvalue weighted by atomic mass is 10.2. The molecule has 2 aromatic heterocycles. The third-order valence-electron chi connectivity index (χ3n) is 4.54. The highest BCUT2D eigenvalue weighted by atomic mass is 79.9. The van der Waals surface area contributed by atoms with Crippen molar-refractivity contribution < 1.29 is 8.42 Å². The molecule has 2 N–H and O–H groups in total. The first kappa shape index (κ1) is 18.6. The van der Waals surface area contributed by atoms with Crippen molar-refractivity contribution in [3.8, 4) is 0 Å². The van der Waals surface area contributed by atoms with Crippen molar-refractivity contribution >= 4 is 54.5 Å². The van der Waals surface area contributed by atoms with Crippen molar-refractivity contribution in [1.82, 2.24) is 24.4 Å². The number of halogens is 2. The number of fused-ring (bicyclic) bond motifs is 1. The molecule has 1 fully saturated rings. The lowest BCUT2D eigenvalue weighted by Gasteiger charge is -2.12. The molecule has 1 aliphatic carbocycles. The Morgan fingerprint density at radius 1 is 1.15 bits per heavy atom. The summed E-state index contributed by atoms with van der Waals surface area (Å²) in [7, 11) is -3.79. The minimum Gasteiger partial charge on any atom is -0.312 e. The number of benzene rings is 1. The molecule has 0 saturated heterocycles. The molecular formula is C16H16BrClN6O2S. The van der Waals surface area contributed by atoms with E-state index in [2.05, 4.69) is 41.1 Å². The molecule has 1 aromatic carbocycles. The zero-order valence-corrected chi connectivity index (χ0v) is 17.2. The van der Waals surface area contributed by atoms with Crippen LogP contribution < -0.4 is 10.3 Å². The van der Waals surface area contributed by atoms with E-state index in [0.717, 1.165) is 17.3 Å². The van der Waals surface area contributed by atoms with Crippen LogP contribution >= 0.6 is 27.5 Å². The van der Waals surface area contributed by atoms with Gasteiger partial charge in [-0.25, -0.2) is 13.4 Å². The number of hydrogen-bond donors (Lipinski definition) is 2. The number of nitrogens with zero attached hydrogens (tertiary/aromatic N) is 4. The predicted molar refractivity (Wildman–Crippen MR) is 106 cm³/mol. The molecule has 27 heavy (non-hydrogen) atoms. The molecule has 0 amide bonds. The maximum Gasteiger partial charge on any atom is 0.257 e. The molecule has 0 bridgehead atoms. The van der Waals surface area contributed by atoms with Crippen LogP contribution in [-0.2, 0) is 10.0 Å². The molecule has 0 atom stereocenters. The lowest BCUT2D eigenvalue weighted by molar-refractivity contribution is 0.529. The lowest BCUT2D eigenvalue weighted by Crippen LogP contribution is -2.30. The van der Waals surface area contributed by atoms with Crippen molar-refractivity contribution in [2.24, 2.45) is 0 Å². The first-order chi connectivity index (χ1) is 12.9. The van der Waals surface area contributed by atoms with Gasteiger partial charge in [0.25, 0.3) is 10.0 Å². The van der Waals surface area contributed by atoms with Crippen LogP contribution in [0.4, 0.5) is 5.82 Å². The molecule has 0 spiro atoms. The Morgan fingerprint density at radius 3 is 2.56 bits per heavy atom.